The maximum Gasteiger partial charge on any atom is 0.294 e. The van der Waals surface area contributed by atoms with Gasteiger partial charge in [-0.05, 0) is 62.0 Å². The number of hydrogen-bond donors (Lipinski definition) is 1. The van der Waals surface area contributed by atoms with Gasteiger partial charge in [-0.25, -0.2) is 4.98 Å². The van der Waals surface area contributed by atoms with Crippen molar-refractivity contribution in [3.05, 3.63) is 30.2 Å². The molecule has 3 fully saturated rings. The second kappa shape index (κ2) is 7.76. The highest BCUT2D eigenvalue weighted by molar-refractivity contribution is 6.01. The summed E-state index contributed by atoms with van der Waals surface area (Å²) < 4.78 is 2.05. The Morgan fingerprint density at radius 3 is 2.55 bits per heavy atom. The van der Waals surface area contributed by atoms with E-state index < -0.39 is 0 Å². The Labute approximate surface area is 171 Å². The van der Waals surface area contributed by atoms with Crippen molar-refractivity contribution >= 4 is 17.7 Å². The van der Waals surface area contributed by atoms with E-state index in [0.717, 1.165) is 25.6 Å². The number of nitrogens with one attached hydrogen (secondary N) is 1. The molecule has 1 spiro atoms. The van der Waals surface area contributed by atoms with Crippen LogP contribution in [0.5, 0.6) is 0 Å². The molecule has 3 aliphatic rings. The molecule has 2 aromatic heterocycles. The smallest absolute Gasteiger partial charge is 0.294 e. The van der Waals surface area contributed by atoms with Crippen molar-refractivity contribution in [2.24, 2.45) is 11.3 Å². The van der Waals surface area contributed by atoms with E-state index in [1.165, 1.54) is 57.8 Å². The Morgan fingerprint density at radius 1 is 1.07 bits per heavy atom. The van der Waals surface area contributed by atoms with Crippen molar-refractivity contribution in [2.45, 2.75) is 64.3 Å². The summed E-state index contributed by atoms with van der Waals surface area (Å²) in [6.45, 7) is 2.87. The van der Waals surface area contributed by atoms with Crippen molar-refractivity contribution in [1.29, 1.82) is 0 Å². The topological polar surface area (TPSA) is 75.9 Å². The minimum absolute atomic E-state index is 0.233. The first-order valence-electron chi connectivity index (χ1n) is 11.1. The number of hydrogen-bond acceptors (Lipinski definition) is 5. The molecule has 2 saturated carbocycles. The van der Waals surface area contributed by atoms with Crippen molar-refractivity contribution < 1.29 is 4.79 Å². The second-order valence-electron chi connectivity index (χ2n) is 9.09. The van der Waals surface area contributed by atoms with Gasteiger partial charge in [0.2, 0.25) is 11.8 Å². The highest BCUT2D eigenvalue weighted by Crippen LogP contribution is 2.45. The van der Waals surface area contributed by atoms with Gasteiger partial charge < -0.3 is 10.2 Å². The first-order chi connectivity index (χ1) is 14.2. The zero-order valence-corrected chi connectivity index (χ0v) is 17.0. The van der Waals surface area contributed by atoms with Crippen molar-refractivity contribution in [3.8, 4) is 0 Å². The summed E-state index contributed by atoms with van der Waals surface area (Å²) >= 11 is 0. The molecule has 0 bridgehead atoms. The van der Waals surface area contributed by atoms with Gasteiger partial charge in [-0.3, -0.25) is 9.36 Å². The molecule has 154 valence electrons. The molecule has 0 unspecified atom stereocenters. The average Bonchev–Trinajstić information content (AvgIpc) is 3.47. The van der Waals surface area contributed by atoms with Gasteiger partial charge in [0.05, 0.1) is 0 Å². The molecular weight excluding hydrogens is 364 g/mol. The summed E-state index contributed by atoms with van der Waals surface area (Å²) in [7, 11) is 0. The van der Waals surface area contributed by atoms with Gasteiger partial charge in [-0.1, -0.05) is 25.3 Å². The van der Waals surface area contributed by atoms with Gasteiger partial charge in [0, 0.05) is 25.8 Å². The summed E-state index contributed by atoms with van der Waals surface area (Å²) in [4.78, 5) is 19.4. The van der Waals surface area contributed by atoms with Gasteiger partial charge in [0.15, 0.2) is 0 Å². The lowest BCUT2D eigenvalue weighted by molar-refractivity contribution is 0.101. The molecule has 29 heavy (non-hydrogen) atoms. The van der Waals surface area contributed by atoms with Gasteiger partial charge in [0.1, 0.15) is 5.82 Å². The molecule has 3 heterocycles. The van der Waals surface area contributed by atoms with E-state index in [2.05, 4.69) is 30.0 Å². The third-order valence-corrected chi connectivity index (χ3v) is 7.00. The van der Waals surface area contributed by atoms with E-state index in [1.807, 2.05) is 12.1 Å². The number of piperidine rings is 1. The van der Waals surface area contributed by atoms with E-state index in [1.54, 1.807) is 12.3 Å². The molecule has 0 radical (unpaired) electrons. The number of aromatic nitrogens is 4. The zero-order valence-electron chi connectivity index (χ0n) is 17.0. The van der Waals surface area contributed by atoms with Crippen LogP contribution in [-0.4, -0.2) is 38.7 Å². The highest BCUT2D eigenvalue weighted by atomic mass is 16.2. The molecule has 5 rings (SSSR count). The standard InChI is InChI=1S/C22H30N6O/c29-20(24-18-6-2-5-13-23-18)19-25-26-21(28(19)16-17-7-8-17)27-14-11-22(12-15-27)9-3-1-4-10-22/h2,5-6,13,17H,1,3-4,7-12,14-16H2,(H,23,24,29). The predicted octanol–water partition coefficient (Wildman–Crippen LogP) is 3.89. The minimum Gasteiger partial charge on any atom is -0.341 e. The maximum atomic E-state index is 12.9. The monoisotopic (exact) mass is 394 g/mol. The van der Waals surface area contributed by atoms with Crippen molar-refractivity contribution in [3.63, 3.8) is 0 Å². The summed E-state index contributed by atoms with van der Waals surface area (Å²) in [6, 6.07) is 5.48. The van der Waals surface area contributed by atoms with Crippen LogP contribution in [0.25, 0.3) is 0 Å². The molecule has 0 atom stereocenters. The van der Waals surface area contributed by atoms with E-state index in [4.69, 9.17) is 0 Å². The van der Waals surface area contributed by atoms with E-state index >= 15 is 0 Å². The Balaban J connectivity index is 1.34. The van der Waals surface area contributed by atoms with Gasteiger partial charge >= 0.3 is 0 Å². The Morgan fingerprint density at radius 2 is 1.86 bits per heavy atom. The van der Waals surface area contributed by atoms with Crippen LogP contribution in [0.1, 0.15) is 68.4 Å². The lowest BCUT2D eigenvalue weighted by Crippen LogP contribution is -2.42. The van der Waals surface area contributed by atoms with E-state index in [-0.39, 0.29) is 5.91 Å². The lowest BCUT2D eigenvalue weighted by atomic mass is 9.68. The van der Waals surface area contributed by atoms with Crippen LogP contribution in [0.3, 0.4) is 0 Å². The fourth-order valence-corrected chi connectivity index (χ4v) is 5.02. The number of nitrogens with zero attached hydrogens (tertiary/aromatic N) is 5. The van der Waals surface area contributed by atoms with Crippen LogP contribution < -0.4 is 10.2 Å². The van der Waals surface area contributed by atoms with Crippen LogP contribution in [0.4, 0.5) is 11.8 Å². The third kappa shape index (κ3) is 4.00. The van der Waals surface area contributed by atoms with E-state index in [0.29, 0.717) is 23.0 Å². The Kier molecular flexibility index (Phi) is 4.97. The fraction of sp³-hybridized carbons (Fsp3) is 0.636. The first-order valence-corrected chi connectivity index (χ1v) is 11.1. The van der Waals surface area contributed by atoms with Crippen molar-refractivity contribution in [1.82, 2.24) is 19.7 Å². The number of amides is 1. The average molecular weight is 395 g/mol. The molecule has 7 nitrogen and oxygen atoms in total. The normalized spacial score (nSPS) is 21.3. The number of rotatable bonds is 5. The molecule has 2 aromatic rings. The third-order valence-electron chi connectivity index (χ3n) is 7.00. The Hall–Kier alpha value is -2.44. The second-order valence-corrected chi connectivity index (χ2v) is 9.09. The molecule has 0 aromatic carbocycles. The van der Waals surface area contributed by atoms with E-state index in [9.17, 15) is 4.79 Å². The Bertz CT molecular complexity index is 843. The number of carbonyl (C=O) groups is 1. The zero-order chi connectivity index (χ0) is 19.7. The summed E-state index contributed by atoms with van der Waals surface area (Å²) in [6.07, 6.45) is 13.5. The van der Waals surface area contributed by atoms with Crippen LogP contribution in [0.2, 0.25) is 0 Å². The minimum atomic E-state index is -0.233. The van der Waals surface area contributed by atoms with Crippen LogP contribution in [-0.2, 0) is 6.54 Å². The largest absolute Gasteiger partial charge is 0.341 e. The first kappa shape index (κ1) is 18.6. The molecule has 1 amide bonds. The molecule has 1 N–H and O–H groups in total. The summed E-state index contributed by atoms with van der Waals surface area (Å²) in [5.41, 5.74) is 0.551. The van der Waals surface area contributed by atoms with Crippen LogP contribution in [0.15, 0.2) is 24.4 Å². The number of carbonyl (C=O) groups excluding carboxylic acids is 1. The van der Waals surface area contributed by atoms with Gasteiger partial charge in [-0.2, -0.15) is 0 Å². The lowest BCUT2D eigenvalue weighted by Gasteiger charge is -2.44. The molecule has 1 aliphatic heterocycles. The van der Waals surface area contributed by atoms with Crippen LogP contribution >= 0.6 is 0 Å². The number of pyridine rings is 1. The summed E-state index contributed by atoms with van der Waals surface area (Å²) in [5.74, 6) is 2.21. The molecular formula is C22H30N6O. The predicted molar refractivity (Wildman–Crippen MR) is 112 cm³/mol. The van der Waals surface area contributed by atoms with Crippen LogP contribution in [0, 0.1) is 11.3 Å². The fourth-order valence-electron chi connectivity index (χ4n) is 5.02. The van der Waals surface area contributed by atoms with Crippen molar-refractivity contribution in [2.75, 3.05) is 23.3 Å². The highest BCUT2D eigenvalue weighted by Gasteiger charge is 2.37. The van der Waals surface area contributed by atoms with Gasteiger partial charge in [-0.15, -0.1) is 10.2 Å². The maximum absolute atomic E-state index is 12.9. The molecule has 2 aliphatic carbocycles. The quantitative estimate of drug-likeness (QED) is 0.833. The van der Waals surface area contributed by atoms with Gasteiger partial charge in [0.25, 0.3) is 5.91 Å². The summed E-state index contributed by atoms with van der Waals surface area (Å²) in [5, 5.41) is 11.6. The SMILES string of the molecule is O=C(Nc1ccccn1)c1nnc(N2CCC3(CCCCC3)CC2)n1CC1CC1. The number of anilines is 2. The molecule has 7 heteroatoms. The molecule has 1 saturated heterocycles.